The van der Waals surface area contributed by atoms with Crippen LogP contribution >= 0.6 is 43.5 Å². The van der Waals surface area contributed by atoms with Crippen LogP contribution in [0.4, 0.5) is 4.39 Å². The highest BCUT2D eigenvalue weighted by Gasteiger charge is 2.18. The topological polar surface area (TPSA) is 9.23 Å². The van der Waals surface area contributed by atoms with Crippen LogP contribution in [0.3, 0.4) is 0 Å². The molecule has 0 aliphatic rings. The highest BCUT2D eigenvalue weighted by atomic mass is 79.9. The number of hydrogen-bond acceptors (Lipinski definition) is 1. The molecule has 2 rings (SSSR count). The zero-order valence-electron chi connectivity index (χ0n) is 9.96. The lowest BCUT2D eigenvalue weighted by Crippen LogP contribution is -1.98. The van der Waals surface area contributed by atoms with E-state index in [9.17, 15) is 4.39 Å². The third-order valence-electron chi connectivity index (χ3n) is 2.71. The maximum absolute atomic E-state index is 14.0. The van der Waals surface area contributed by atoms with E-state index in [2.05, 4.69) is 31.9 Å². The van der Waals surface area contributed by atoms with Gasteiger partial charge in [0.1, 0.15) is 11.6 Å². The molecule has 0 heterocycles. The van der Waals surface area contributed by atoms with Gasteiger partial charge in [0, 0.05) is 21.1 Å². The van der Waals surface area contributed by atoms with Crippen molar-refractivity contribution in [3.05, 3.63) is 62.8 Å². The molecular weight excluding hydrogens is 398 g/mol. The first kappa shape index (κ1) is 14.8. The minimum atomic E-state index is -0.326. The number of halogens is 4. The third kappa shape index (κ3) is 3.30. The van der Waals surface area contributed by atoms with Crippen molar-refractivity contribution in [2.75, 3.05) is 7.11 Å². The molecule has 0 bridgehead atoms. The Hall–Kier alpha value is -0.580. The molecule has 1 unspecified atom stereocenters. The van der Waals surface area contributed by atoms with Crippen LogP contribution in [0.1, 0.15) is 16.0 Å². The van der Waals surface area contributed by atoms with Gasteiger partial charge in [0.15, 0.2) is 0 Å². The highest BCUT2D eigenvalue weighted by Crippen LogP contribution is 2.38. The standard InChI is InChI=1S/C14H10Br2ClFO/c1-19-9-3-4-10(13(18)7-9)14(16)11-6-8(17)2-5-12(11)15/h2-7,14H,1H3. The molecule has 0 radical (unpaired) electrons. The summed E-state index contributed by atoms with van der Waals surface area (Å²) in [4.78, 5) is -0.286. The van der Waals surface area contributed by atoms with Crippen LogP contribution in [0.2, 0.25) is 5.02 Å². The maximum atomic E-state index is 14.0. The zero-order valence-corrected chi connectivity index (χ0v) is 13.9. The van der Waals surface area contributed by atoms with Gasteiger partial charge in [-0.25, -0.2) is 4.39 Å². The first-order valence-electron chi connectivity index (χ1n) is 5.45. The van der Waals surface area contributed by atoms with Crippen LogP contribution in [0.15, 0.2) is 40.9 Å². The second kappa shape index (κ2) is 6.25. The van der Waals surface area contributed by atoms with Crippen molar-refractivity contribution < 1.29 is 9.13 Å². The van der Waals surface area contributed by atoms with E-state index in [1.54, 1.807) is 24.3 Å². The van der Waals surface area contributed by atoms with Gasteiger partial charge in [0.05, 0.1) is 11.9 Å². The first-order chi connectivity index (χ1) is 9.02. The van der Waals surface area contributed by atoms with Crippen LogP contribution in [0, 0.1) is 5.82 Å². The molecule has 0 N–H and O–H groups in total. The average Bonchev–Trinajstić information content (AvgIpc) is 2.40. The van der Waals surface area contributed by atoms with Crippen molar-refractivity contribution in [2.45, 2.75) is 4.83 Å². The van der Waals surface area contributed by atoms with E-state index in [1.165, 1.54) is 13.2 Å². The maximum Gasteiger partial charge on any atom is 0.131 e. The minimum absolute atomic E-state index is 0.286. The number of benzene rings is 2. The SMILES string of the molecule is COc1ccc(C(Br)c2cc(Cl)ccc2Br)c(F)c1. The average molecular weight is 408 g/mol. The van der Waals surface area contributed by atoms with E-state index in [1.807, 2.05) is 6.07 Å². The van der Waals surface area contributed by atoms with Gasteiger partial charge in [-0.15, -0.1) is 0 Å². The van der Waals surface area contributed by atoms with Crippen LogP contribution in [0.5, 0.6) is 5.75 Å². The number of ether oxygens (including phenoxy) is 1. The summed E-state index contributed by atoms with van der Waals surface area (Å²) in [6, 6.07) is 10.2. The Morgan fingerprint density at radius 2 is 1.89 bits per heavy atom. The largest absolute Gasteiger partial charge is 0.497 e. The van der Waals surface area contributed by atoms with Crippen LogP contribution in [-0.2, 0) is 0 Å². The molecule has 100 valence electrons. The second-order valence-corrected chi connectivity index (χ2v) is 6.12. The van der Waals surface area contributed by atoms with Crippen molar-refractivity contribution in [1.29, 1.82) is 0 Å². The van der Waals surface area contributed by atoms with E-state index in [-0.39, 0.29) is 10.6 Å². The molecule has 0 aromatic heterocycles. The summed E-state index contributed by atoms with van der Waals surface area (Å²) in [7, 11) is 1.51. The molecule has 0 spiro atoms. The Morgan fingerprint density at radius 3 is 2.53 bits per heavy atom. The van der Waals surface area contributed by atoms with Gasteiger partial charge in [-0.3, -0.25) is 0 Å². The molecule has 0 aliphatic carbocycles. The summed E-state index contributed by atoms with van der Waals surface area (Å²) < 4.78 is 19.9. The second-order valence-electron chi connectivity index (χ2n) is 3.92. The van der Waals surface area contributed by atoms with Crippen LogP contribution in [-0.4, -0.2) is 7.11 Å². The number of alkyl halides is 1. The van der Waals surface area contributed by atoms with E-state index in [4.69, 9.17) is 16.3 Å². The predicted molar refractivity (Wildman–Crippen MR) is 82.9 cm³/mol. The monoisotopic (exact) mass is 406 g/mol. The van der Waals surface area contributed by atoms with Crippen molar-refractivity contribution in [1.82, 2.24) is 0 Å². The Morgan fingerprint density at radius 1 is 1.16 bits per heavy atom. The molecule has 0 aliphatic heterocycles. The Labute approximate surface area is 133 Å². The lowest BCUT2D eigenvalue weighted by molar-refractivity contribution is 0.411. The fraction of sp³-hybridized carbons (Fsp3) is 0.143. The molecule has 0 saturated heterocycles. The molecule has 1 nitrogen and oxygen atoms in total. The molecule has 0 amide bonds. The molecule has 2 aromatic rings. The predicted octanol–water partition coefficient (Wildman–Crippen LogP) is 5.73. The Kier molecular flexibility index (Phi) is 4.87. The number of methoxy groups -OCH3 is 1. The molecule has 1 atom stereocenters. The fourth-order valence-electron chi connectivity index (χ4n) is 1.72. The lowest BCUT2D eigenvalue weighted by Gasteiger charge is -2.14. The number of rotatable bonds is 3. The Balaban J connectivity index is 2.43. The van der Waals surface area contributed by atoms with Crippen LogP contribution < -0.4 is 4.74 Å². The van der Waals surface area contributed by atoms with E-state index >= 15 is 0 Å². The van der Waals surface area contributed by atoms with Gasteiger partial charge in [0.25, 0.3) is 0 Å². The van der Waals surface area contributed by atoms with Gasteiger partial charge in [-0.05, 0) is 29.8 Å². The highest BCUT2D eigenvalue weighted by molar-refractivity contribution is 9.11. The summed E-state index contributed by atoms with van der Waals surface area (Å²) in [5, 5.41) is 0.608. The molecule has 5 heteroatoms. The molecule has 2 aromatic carbocycles. The van der Waals surface area contributed by atoms with Gasteiger partial charge < -0.3 is 4.74 Å². The molecule has 19 heavy (non-hydrogen) atoms. The van der Waals surface area contributed by atoms with E-state index in [0.29, 0.717) is 16.3 Å². The zero-order chi connectivity index (χ0) is 14.0. The van der Waals surface area contributed by atoms with E-state index in [0.717, 1.165) is 10.0 Å². The van der Waals surface area contributed by atoms with Gasteiger partial charge in [-0.1, -0.05) is 49.5 Å². The fourth-order valence-corrected chi connectivity index (χ4v) is 3.43. The number of hydrogen-bond donors (Lipinski definition) is 0. The molecular formula is C14H10Br2ClFO. The minimum Gasteiger partial charge on any atom is -0.497 e. The smallest absolute Gasteiger partial charge is 0.131 e. The quantitative estimate of drug-likeness (QED) is 0.589. The first-order valence-corrected chi connectivity index (χ1v) is 7.54. The lowest BCUT2D eigenvalue weighted by atomic mass is 10.0. The van der Waals surface area contributed by atoms with E-state index < -0.39 is 0 Å². The summed E-state index contributed by atoms with van der Waals surface area (Å²) in [6.07, 6.45) is 0. The van der Waals surface area contributed by atoms with Crippen molar-refractivity contribution in [3.8, 4) is 5.75 Å². The van der Waals surface area contributed by atoms with Crippen molar-refractivity contribution >= 4 is 43.5 Å². The normalized spacial score (nSPS) is 12.3. The molecule has 0 fully saturated rings. The summed E-state index contributed by atoms with van der Waals surface area (Å²) in [5.74, 6) is 0.166. The molecule has 0 saturated carbocycles. The summed E-state index contributed by atoms with van der Waals surface area (Å²) in [6.45, 7) is 0. The van der Waals surface area contributed by atoms with Crippen molar-refractivity contribution in [2.24, 2.45) is 0 Å². The van der Waals surface area contributed by atoms with Gasteiger partial charge in [0.2, 0.25) is 0 Å². The summed E-state index contributed by atoms with van der Waals surface area (Å²) >= 11 is 12.9. The van der Waals surface area contributed by atoms with Crippen molar-refractivity contribution in [3.63, 3.8) is 0 Å². The Bertz CT molecular complexity index is 604. The van der Waals surface area contributed by atoms with Gasteiger partial charge in [-0.2, -0.15) is 0 Å². The summed E-state index contributed by atoms with van der Waals surface area (Å²) in [5.41, 5.74) is 1.40. The van der Waals surface area contributed by atoms with Crippen LogP contribution in [0.25, 0.3) is 0 Å². The third-order valence-corrected chi connectivity index (χ3v) is 4.66. The van der Waals surface area contributed by atoms with Gasteiger partial charge >= 0.3 is 0 Å².